The average Bonchev–Trinajstić information content (AvgIpc) is 3.02. The number of benzene rings is 2. The van der Waals surface area contributed by atoms with E-state index in [1.807, 2.05) is 36.4 Å². The van der Waals surface area contributed by atoms with E-state index in [1.54, 1.807) is 10.9 Å². The lowest BCUT2D eigenvalue weighted by Crippen LogP contribution is -2.04. The summed E-state index contributed by atoms with van der Waals surface area (Å²) >= 11 is 0. The highest BCUT2D eigenvalue weighted by molar-refractivity contribution is 5.63. The molecular formula is C17H18N6. The standard InChI is InChI=1S/C17H18N6/c1-13-8-9-16(14(2)12-13)19-18-11-10-17-20-21-22-23(17)15-6-4-3-5-7-15/h3-9,11-12,19H,10H2,1-2H3/b18-11-. The number of nitrogens with one attached hydrogen (secondary N) is 1. The number of nitrogens with zero attached hydrogens (tertiary/aromatic N) is 5. The second-order valence-corrected chi connectivity index (χ2v) is 5.29. The summed E-state index contributed by atoms with van der Waals surface area (Å²) in [6.07, 6.45) is 2.31. The Morgan fingerprint density at radius 1 is 1.13 bits per heavy atom. The lowest BCUT2D eigenvalue weighted by molar-refractivity contribution is 0.776. The summed E-state index contributed by atoms with van der Waals surface area (Å²) in [5.74, 6) is 0.738. The van der Waals surface area contributed by atoms with Gasteiger partial charge in [0.1, 0.15) is 0 Å². The van der Waals surface area contributed by atoms with Crippen molar-refractivity contribution in [3.8, 4) is 5.69 Å². The van der Waals surface area contributed by atoms with Crippen LogP contribution in [0.25, 0.3) is 5.69 Å². The number of para-hydroxylation sites is 1. The molecule has 0 aliphatic carbocycles. The van der Waals surface area contributed by atoms with E-state index < -0.39 is 0 Å². The van der Waals surface area contributed by atoms with E-state index in [2.05, 4.69) is 52.0 Å². The van der Waals surface area contributed by atoms with Crippen molar-refractivity contribution in [3.63, 3.8) is 0 Å². The van der Waals surface area contributed by atoms with Gasteiger partial charge in [-0.25, -0.2) is 0 Å². The number of anilines is 1. The molecule has 6 nitrogen and oxygen atoms in total. The molecule has 1 N–H and O–H groups in total. The Kier molecular flexibility index (Phi) is 4.42. The van der Waals surface area contributed by atoms with Gasteiger partial charge in [0.05, 0.1) is 11.4 Å². The van der Waals surface area contributed by atoms with Gasteiger partial charge < -0.3 is 0 Å². The molecule has 0 fully saturated rings. The third-order valence-electron chi connectivity index (χ3n) is 3.47. The molecular weight excluding hydrogens is 288 g/mol. The Balaban J connectivity index is 1.66. The van der Waals surface area contributed by atoms with Gasteiger partial charge in [0.2, 0.25) is 0 Å². The van der Waals surface area contributed by atoms with Crippen LogP contribution in [-0.4, -0.2) is 26.4 Å². The van der Waals surface area contributed by atoms with Crippen LogP contribution < -0.4 is 5.43 Å². The van der Waals surface area contributed by atoms with Crippen molar-refractivity contribution in [2.24, 2.45) is 5.10 Å². The molecule has 0 radical (unpaired) electrons. The van der Waals surface area contributed by atoms with Gasteiger partial charge in [-0.1, -0.05) is 35.9 Å². The van der Waals surface area contributed by atoms with Crippen LogP contribution in [0.2, 0.25) is 0 Å². The van der Waals surface area contributed by atoms with Gasteiger partial charge in [-0.3, -0.25) is 5.43 Å². The highest BCUT2D eigenvalue weighted by atomic mass is 15.5. The first-order valence-electron chi connectivity index (χ1n) is 7.41. The summed E-state index contributed by atoms with van der Waals surface area (Å²) in [5, 5.41) is 16.1. The number of hydrazone groups is 1. The molecule has 0 atom stereocenters. The van der Waals surface area contributed by atoms with E-state index in [0.29, 0.717) is 6.42 Å². The Labute approximate surface area is 134 Å². The van der Waals surface area contributed by atoms with Gasteiger partial charge >= 0.3 is 0 Å². The van der Waals surface area contributed by atoms with Crippen molar-refractivity contribution in [2.75, 3.05) is 5.43 Å². The monoisotopic (exact) mass is 306 g/mol. The van der Waals surface area contributed by atoms with Crippen molar-refractivity contribution >= 4 is 11.9 Å². The minimum atomic E-state index is 0.541. The molecule has 2 aromatic carbocycles. The molecule has 0 aliphatic rings. The van der Waals surface area contributed by atoms with Gasteiger partial charge in [0.25, 0.3) is 0 Å². The van der Waals surface area contributed by atoms with E-state index in [-0.39, 0.29) is 0 Å². The van der Waals surface area contributed by atoms with Crippen molar-refractivity contribution in [2.45, 2.75) is 20.3 Å². The number of rotatable bonds is 5. The van der Waals surface area contributed by atoms with Gasteiger partial charge in [0.15, 0.2) is 5.82 Å². The zero-order valence-corrected chi connectivity index (χ0v) is 13.1. The maximum Gasteiger partial charge on any atom is 0.162 e. The van der Waals surface area contributed by atoms with Crippen LogP contribution in [0.15, 0.2) is 53.6 Å². The molecule has 3 rings (SSSR count). The van der Waals surface area contributed by atoms with Crippen LogP contribution in [0.5, 0.6) is 0 Å². The summed E-state index contributed by atoms with van der Waals surface area (Å²) in [6.45, 7) is 4.13. The second kappa shape index (κ2) is 6.83. The van der Waals surface area contributed by atoms with Crippen LogP contribution >= 0.6 is 0 Å². The summed E-state index contributed by atoms with van der Waals surface area (Å²) in [7, 11) is 0. The molecule has 23 heavy (non-hydrogen) atoms. The van der Waals surface area contributed by atoms with E-state index >= 15 is 0 Å². The number of hydrogen-bond donors (Lipinski definition) is 1. The lowest BCUT2D eigenvalue weighted by atomic mass is 10.1. The lowest BCUT2D eigenvalue weighted by Gasteiger charge is -2.05. The third kappa shape index (κ3) is 3.60. The number of tetrazole rings is 1. The minimum Gasteiger partial charge on any atom is -0.279 e. The van der Waals surface area contributed by atoms with Crippen molar-refractivity contribution in [1.29, 1.82) is 0 Å². The van der Waals surface area contributed by atoms with Crippen molar-refractivity contribution < 1.29 is 0 Å². The number of aryl methyl sites for hydroxylation is 2. The molecule has 1 heterocycles. The summed E-state index contributed by atoms with van der Waals surface area (Å²) in [4.78, 5) is 0. The van der Waals surface area contributed by atoms with Crippen molar-refractivity contribution in [1.82, 2.24) is 20.2 Å². The zero-order chi connectivity index (χ0) is 16.1. The van der Waals surface area contributed by atoms with Gasteiger partial charge in [-0.2, -0.15) is 9.78 Å². The maximum absolute atomic E-state index is 4.26. The summed E-state index contributed by atoms with van der Waals surface area (Å²) in [6, 6.07) is 16.0. The normalized spacial score (nSPS) is 11.0. The van der Waals surface area contributed by atoms with E-state index in [1.165, 1.54) is 5.56 Å². The van der Waals surface area contributed by atoms with E-state index in [9.17, 15) is 0 Å². The van der Waals surface area contributed by atoms with E-state index in [0.717, 1.165) is 22.8 Å². The topological polar surface area (TPSA) is 68.0 Å². The molecule has 0 unspecified atom stereocenters. The molecule has 0 aliphatic heterocycles. The second-order valence-electron chi connectivity index (χ2n) is 5.29. The molecule has 1 aromatic heterocycles. The molecule has 0 amide bonds. The molecule has 0 spiro atoms. The predicted octanol–water partition coefficient (Wildman–Crippen LogP) is 2.92. The van der Waals surface area contributed by atoms with E-state index in [4.69, 9.17) is 0 Å². The Morgan fingerprint density at radius 3 is 2.74 bits per heavy atom. The third-order valence-corrected chi connectivity index (χ3v) is 3.47. The fourth-order valence-corrected chi connectivity index (χ4v) is 2.28. The highest BCUT2D eigenvalue weighted by Crippen LogP contribution is 2.15. The Morgan fingerprint density at radius 2 is 1.96 bits per heavy atom. The van der Waals surface area contributed by atoms with Gasteiger partial charge in [-0.15, -0.1) is 5.10 Å². The van der Waals surface area contributed by atoms with Gasteiger partial charge in [0, 0.05) is 12.6 Å². The Hall–Kier alpha value is -3.02. The smallest absolute Gasteiger partial charge is 0.162 e. The minimum absolute atomic E-state index is 0.541. The van der Waals surface area contributed by atoms with Crippen LogP contribution in [0, 0.1) is 13.8 Å². The van der Waals surface area contributed by atoms with Crippen LogP contribution in [-0.2, 0) is 6.42 Å². The van der Waals surface area contributed by atoms with Crippen molar-refractivity contribution in [3.05, 3.63) is 65.5 Å². The van der Waals surface area contributed by atoms with Crippen LogP contribution in [0.1, 0.15) is 17.0 Å². The molecule has 3 aromatic rings. The summed E-state index contributed by atoms with van der Waals surface area (Å²) < 4.78 is 1.71. The SMILES string of the molecule is Cc1ccc(N/N=C\Cc2nnnn2-c2ccccc2)c(C)c1. The Bertz CT molecular complexity index is 807. The molecule has 116 valence electrons. The fourth-order valence-electron chi connectivity index (χ4n) is 2.28. The fraction of sp³-hybridized carbons (Fsp3) is 0.176. The number of hydrogen-bond acceptors (Lipinski definition) is 5. The quantitative estimate of drug-likeness (QED) is 0.581. The molecule has 0 saturated heterocycles. The predicted molar refractivity (Wildman–Crippen MR) is 90.9 cm³/mol. The first-order chi connectivity index (χ1) is 11.2. The molecule has 0 bridgehead atoms. The summed E-state index contributed by atoms with van der Waals surface area (Å²) in [5.41, 5.74) is 7.38. The van der Waals surface area contributed by atoms with Gasteiger partial charge in [-0.05, 0) is 48.0 Å². The number of aromatic nitrogens is 4. The van der Waals surface area contributed by atoms with Crippen LogP contribution in [0.3, 0.4) is 0 Å². The average molecular weight is 306 g/mol. The largest absolute Gasteiger partial charge is 0.279 e. The molecule has 6 heteroatoms. The zero-order valence-electron chi connectivity index (χ0n) is 13.1. The maximum atomic E-state index is 4.26. The molecule has 0 saturated carbocycles. The first kappa shape index (κ1) is 14.9. The first-order valence-corrected chi connectivity index (χ1v) is 7.41. The van der Waals surface area contributed by atoms with Crippen LogP contribution in [0.4, 0.5) is 5.69 Å². The highest BCUT2D eigenvalue weighted by Gasteiger charge is 2.06.